The van der Waals surface area contributed by atoms with Gasteiger partial charge in [0.05, 0.1) is 11.9 Å². The molecule has 26 heavy (non-hydrogen) atoms. The van der Waals surface area contributed by atoms with Crippen molar-refractivity contribution in [3.8, 4) is 0 Å². The van der Waals surface area contributed by atoms with E-state index in [4.69, 9.17) is 0 Å². The number of carbonyl (C=O) groups excluding carboxylic acids is 1. The van der Waals surface area contributed by atoms with Gasteiger partial charge >= 0.3 is 0 Å². The van der Waals surface area contributed by atoms with E-state index in [2.05, 4.69) is 15.6 Å². The van der Waals surface area contributed by atoms with Crippen molar-refractivity contribution in [2.45, 2.75) is 32.2 Å². The molecule has 0 spiro atoms. The van der Waals surface area contributed by atoms with Crippen LogP contribution in [0.1, 0.15) is 25.7 Å². The largest absolute Gasteiger partial charge is 0.343 e. The number of hydrogen-bond acceptors (Lipinski definition) is 5. The van der Waals surface area contributed by atoms with Gasteiger partial charge in [0, 0.05) is 19.5 Å². The molecule has 8 heteroatoms. The molecule has 142 valence electrons. The van der Waals surface area contributed by atoms with Gasteiger partial charge in [-0.2, -0.15) is 0 Å². The zero-order valence-electron chi connectivity index (χ0n) is 15.1. The van der Waals surface area contributed by atoms with Crippen LogP contribution < -0.4 is 10.9 Å². The molecule has 7 nitrogen and oxygen atoms in total. The maximum atomic E-state index is 12.4. The van der Waals surface area contributed by atoms with Crippen LogP contribution in [0.5, 0.6) is 0 Å². The van der Waals surface area contributed by atoms with Crippen molar-refractivity contribution in [2.24, 2.45) is 5.92 Å². The molecule has 1 N–H and O–H groups in total. The molecule has 1 amide bonds. The van der Waals surface area contributed by atoms with Gasteiger partial charge in [-0.15, -0.1) is 17.5 Å². The molecule has 1 aliphatic heterocycles. The van der Waals surface area contributed by atoms with Crippen molar-refractivity contribution in [2.75, 3.05) is 26.7 Å². The van der Waals surface area contributed by atoms with Crippen LogP contribution in [0.25, 0.3) is 10.9 Å². The van der Waals surface area contributed by atoms with E-state index < -0.39 is 0 Å². The fourth-order valence-electron chi connectivity index (χ4n) is 3.35. The number of carbonyl (C=O) groups is 1. The van der Waals surface area contributed by atoms with Gasteiger partial charge in [0.25, 0.3) is 5.56 Å². The summed E-state index contributed by atoms with van der Waals surface area (Å²) >= 11 is 0. The summed E-state index contributed by atoms with van der Waals surface area (Å²) in [7, 11) is 1.97. The lowest BCUT2D eigenvalue weighted by Crippen LogP contribution is -2.39. The van der Waals surface area contributed by atoms with Crippen molar-refractivity contribution in [3.05, 3.63) is 34.6 Å². The molecule has 1 aromatic carbocycles. The third-order valence-electron chi connectivity index (χ3n) is 4.94. The molecule has 1 fully saturated rings. The van der Waals surface area contributed by atoms with Crippen LogP contribution in [0.2, 0.25) is 0 Å². The fourth-order valence-corrected chi connectivity index (χ4v) is 3.35. The summed E-state index contributed by atoms with van der Waals surface area (Å²) in [6, 6.07) is 7.13. The Labute approximate surface area is 159 Å². The van der Waals surface area contributed by atoms with E-state index in [9.17, 15) is 9.59 Å². The Balaban J connectivity index is 0.00000243. The van der Waals surface area contributed by atoms with Crippen LogP contribution >= 0.6 is 12.4 Å². The van der Waals surface area contributed by atoms with Gasteiger partial charge in [-0.1, -0.05) is 17.3 Å². The number of rotatable bonds is 6. The predicted octanol–water partition coefficient (Wildman–Crippen LogP) is 1.45. The highest BCUT2D eigenvalue weighted by atomic mass is 35.5. The Hall–Kier alpha value is -1.99. The number of benzene rings is 1. The first kappa shape index (κ1) is 20.3. The van der Waals surface area contributed by atoms with Gasteiger partial charge in [-0.05, 0) is 50.9 Å². The monoisotopic (exact) mass is 379 g/mol. The molecule has 0 aliphatic carbocycles. The number of nitrogens with zero attached hydrogens (tertiary/aromatic N) is 4. The van der Waals surface area contributed by atoms with E-state index in [0.29, 0.717) is 16.8 Å². The van der Waals surface area contributed by atoms with E-state index >= 15 is 0 Å². The number of hydrogen-bond donors (Lipinski definition) is 1. The molecule has 0 saturated carbocycles. The molecule has 1 saturated heterocycles. The number of nitrogens with one attached hydrogen (secondary N) is 1. The summed E-state index contributed by atoms with van der Waals surface area (Å²) in [5.74, 6) is 0.791. The van der Waals surface area contributed by atoms with Crippen molar-refractivity contribution < 1.29 is 4.79 Å². The van der Waals surface area contributed by atoms with Gasteiger partial charge in [-0.3, -0.25) is 9.59 Å². The Morgan fingerprint density at radius 1 is 1.27 bits per heavy atom. The predicted molar refractivity (Wildman–Crippen MR) is 104 cm³/mol. The van der Waals surface area contributed by atoms with E-state index in [1.54, 1.807) is 18.2 Å². The highest BCUT2D eigenvalue weighted by molar-refractivity contribution is 5.85. The van der Waals surface area contributed by atoms with Crippen molar-refractivity contribution in [1.82, 2.24) is 25.2 Å². The average molecular weight is 380 g/mol. The first-order valence-electron chi connectivity index (χ1n) is 8.94. The summed E-state index contributed by atoms with van der Waals surface area (Å²) in [5.41, 5.74) is 0.392. The molecular formula is C18H26ClN5O2. The Morgan fingerprint density at radius 3 is 2.73 bits per heavy atom. The van der Waals surface area contributed by atoms with E-state index in [0.717, 1.165) is 32.5 Å². The zero-order valence-corrected chi connectivity index (χ0v) is 15.9. The molecule has 2 heterocycles. The Bertz CT molecular complexity index is 786. The first-order chi connectivity index (χ1) is 12.2. The number of amides is 1. The van der Waals surface area contributed by atoms with Crippen LogP contribution in [0.4, 0.5) is 0 Å². The molecular weight excluding hydrogens is 354 g/mol. The number of aromatic nitrogens is 3. The van der Waals surface area contributed by atoms with E-state index in [1.807, 2.05) is 18.0 Å². The maximum Gasteiger partial charge on any atom is 0.277 e. The topological polar surface area (TPSA) is 80.1 Å². The molecule has 2 aromatic rings. The van der Waals surface area contributed by atoms with Crippen molar-refractivity contribution in [3.63, 3.8) is 0 Å². The minimum absolute atomic E-state index is 0. The highest BCUT2D eigenvalue weighted by Gasteiger charge is 2.22. The molecule has 0 unspecified atom stereocenters. The summed E-state index contributed by atoms with van der Waals surface area (Å²) in [5, 5.41) is 11.7. The van der Waals surface area contributed by atoms with Gasteiger partial charge in [0.15, 0.2) is 0 Å². The third kappa shape index (κ3) is 4.80. The van der Waals surface area contributed by atoms with Crippen molar-refractivity contribution in [1.29, 1.82) is 0 Å². The van der Waals surface area contributed by atoms with Gasteiger partial charge in [0.1, 0.15) is 5.52 Å². The molecule has 1 aromatic heterocycles. The second kappa shape index (κ2) is 9.64. The third-order valence-corrected chi connectivity index (χ3v) is 4.94. The molecule has 3 rings (SSSR count). The smallest absolute Gasteiger partial charge is 0.277 e. The van der Waals surface area contributed by atoms with E-state index in [-0.39, 0.29) is 36.8 Å². The lowest BCUT2D eigenvalue weighted by molar-refractivity contribution is -0.132. The molecule has 0 bridgehead atoms. The summed E-state index contributed by atoms with van der Waals surface area (Å²) in [6.07, 6.45) is 3.57. The van der Waals surface area contributed by atoms with Gasteiger partial charge in [0.2, 0.25) is 5.91 Å². The standard InChI is InChI=1S/C18H25N5O2.ClH/c1-19-10-6-14-7-11-22(12-8-14)17(24)9-13-23-18(25)15-4-2-3-5-16(15)20-21-23;/h2-5,14,19H,6-13H2,1H3;1H. The minimum atomic E-state index is -0.191. The minimum Gasteiger partial charge on any atom is -0.343 e. The van der Waals surface area contributed by atoms with Crippen LogP contribution in [-0.4, -0.2) is 52.5 Å². The number of aryl methyl sites for hydroxylation is 1. The Morgan fingerprint density at radius 2 is 2.00 bits per heavy atom. The van der Waals surface area contributed by atoms with Crippen molar-refractivity contribution >= 4 is 29.2 Å². The van der Waals surface area contributed by atoms with E-state index in [1.165, 1.54) is 11.1 Å². The summed E-state index contributed by atoms with van der Waals surface area (Å²) < 4.78 is 1.29. The number of piperidine rings is 1. The zero-order chi connectivity index (χ0) is 17.6. The number of fused-ring (bicyclic) bond motifs is 1. The van der Waals surface area contributed by atoms with Gasteiger partial charge in [-0.25, -0.2) is 4.68 Å². The second-order valence-corrected chi connectivity index (χ2v) is 6.60. The van der Waals surface area contributed by atoms with Crippen LogP contribution in [0, 0.1) is 5.92 Å². The number of halogens is 1. The van der Waals surface area contributed by atoms with Crippen LogP contribution in [0.3, 0.4) is 0 Å². The average Bonchev–Trinajstić information content (AvgIpc) is 2.66. The maximum absolute atomic E-state index is 12.4. The normalized spacial score (nSPS) is 15.0. The number of likely N-dealkylation sites (tertiary alicyclic amines) is 1. The second-order valence-electron chi connectivity index (χ2n) is 6.60. The SMILES string of the molecule is CNCCC1CCN(C(=O)CCn2nnc3ccccc3c2=O)CC1.Cl. The summed E-state index contributed by atoms with van der Waals surface area (Å²) in [4.78, 5) is 26.7. The molecule has 1 aliphatic rings. The molecule has 0 radical (unpaired) electrons. The summed E-state index contributed by atoms with van der Waals surface area (Å²) in [6.45, 7) is 2.92. The van der Waals surface area contributed by atoms with Gasteiger partial charge < -0.3 is 10.2 Å². The molecule has 0 atom stereocenters. The first-order valence-corrected chi connectivity index (χ1v) is 8.94. The fraction of sp³-hybridized carbons (Fsp3) is 0.556. The lowest BCUT2D eigenvalue weighted by Gasteiger charge is -2.32. The lowest BCUT2D eigenvalue weighted by atomic mass is 9.93. The van der Waals surface area contributed by atoms with Crippen LogP contribution in [0.15, 0.2) is 29.1 Å². The quantitative estimate of drug-likeness (QED) is 0.821. The highest BCUT2D eigenvalue weighted by Crippen LogP contribution is 2.20. The Kier molecular flexibility index (Phi) is 7.53. The van der Waals surface area contributed by atoms with Crippen LogP contribution in [-0.2, 0) is 11.3 Å².